The molecule has 1 aliphatic heterocycles. The van der Waals surface area contributed by atoms with E-state index in [1.165, 1.54) is 68.7 Å². The fourth-order valence-corrected chi connectivity index (χ4v) is 15.6. The van der Waals surface area contributed by atoms with Crippen LogP contribution in [-0.4, -0.2) is 106 Å². The average Bonchev–Trinajstić information content (AvgIpc) is 1.60. The standard InChI is InChI=1S/C24H24ClN3O.C22H20Cl2N2O4S.C21H15ClN4O.C19H15Cl2N3O3S/c25-22-9-8-20(16-21(22)23-3-1-2-12-27-23)28-24(29)19-6-4-17(5-7-19)15-18-10-13-26-14-11-18;1-22(2,28)13-31(29,30)15-7-8-16(19(24)12-15)21(27)26-14-6-9-18(23)17(11-14)20-5-3-4-10-25-20;22-19-9-6-16(13-18(19)20-3-1-2-10-24-20)25-21(27)15-4-7-17(8-5-15)26-12-11-23-14-26;1-28(26,27)24-13-5-7-14(17(21)11-13)19(25)23-12-6-8-16(20)15(10-12)18-4-2-3-9-22-18/h1-9,12,16,18,26H,10-11,13-15H2,(H,28,29);3-12,28H,13H2,1-2H3,(H,26,27);1-14H,(H,25,27);2-11,24H,1H3,(H,23,25). The molecule has 0 unspecified atom stereocenters. The van der Waals surface area contributed by atoms with Crippen molar-refractivity contribution in [1.29, 1.82) is 0 Å². The van der Waals surface area contributed by atoms with Gasteiger partial charge in [-0.2, -0.15) is 0 Å². The van der Waals surface area contributed by atoms with E-state index in [9.17, 15) is 41.1 Å². The summed E-state index contributed by atoms with van der Waals surface area (Å²) in [5.41, 5.74) is 10.7. The van der Waals surface area contributed by atoms with E-state index in [0.29, 0.717) is 76.5 Å². The first-order chi connectivity index (χ1) is 55.1. The Hall–Kier alpha value is -11.2. The molecule has 1 fully saturated rings. The maximum Gasteiger partial charge on any atom is 0.257 e. The summed E-state index contributed by atoms with van der Waals surface area (Å²) in [6.45, 7) is 5.01. The fraction of sp³-hybridized carbons (Fsp3) is 0.128. The molecule has 13 aromatic rings. The molecule has 6 heterocycles. The zero-order chi connectivity index (χ0) is 81.8. The first-order valence-electron chi connectivity index (χ1n) is 35.6. The Morgan fingerprint density at radius 3 is 1.19 bits per heavy atom. The van der Waals surface area contributed by atoms with Gasteiger partial charge in [-0.1, -0.05) is 106 Å². The molecular formula is C86H74Cl6N12O9S2. The quantitative estimate of drug-likeness (QED) is 0.0373. The lowest BCUT2D eigenvalue weighted by Crippen LogP contribution is -2.30. The van der Waals surface area contributed by atoms with Gasteiger partial charge in [-0.3, -0.25) is 43.8 Å². The van der Waals surface area contributed by atoms with Crippen molar-refractivity contribution >= 4 is 142 Å². The molecule has 29 heteroatoms. The molecule has 0 atom stereocenters. The second-order valence-corrected chi connectivity index (χ2v) is 33.0. The lowest BCUT2D eigenvalue weighted by Gasteiger charge is -2.22. The van der Waals surface area contributed by atoms with E-state index in [1.807, 2.05) is 102 Å². The van der Waals surface area contributed by atoms with Crippen molar-refractivity contribution < 1.29 is 41.1 Å². The second-order valence-electron chi connectivity index (χ2n) is 26.8. The van der Waals surface area contributed by atoms with Crippen LogP contribution >= 0.6 is 69.6 Å². The number of benzene rings is 8. The number of piperidine rings is 1. The third-order valence-electron chi connectivity index (χ3n) is 17.4. The van der Waals surface area contributed by atoms with Crippen LogP contribution in [0.2, 0.25) is 30.1 Å². The van der Waals surface area contributed by atoms with Crippen molar-refractivity contribution in [3.8, 4) is 50.7 Å². The van der Waals surface area contributed by atoms with E-state index in [-0.39, 0.29) is 43.6 Å². The largest absolute Gasteiger partial charge is 0.389 e. The van der Waals surface area contributed by atoms with Gasteiger partial charge in [-0.25, -0.2) is 21.8 Å². The van der Waals surface area contributed by atoms with Gasteiger partial charge in [0, 0.05) is 105 Å². The molecular weight excluding hydrogens is 1620 g/mol. The van der Waals surface area contributed by atoms with Crippen LogP contribution in [-0.2, 0) is 26.3 Å². The van der Waals surface area contributed by atoms with Gasteiger partial charge in [0.05, 0.1) is 92.9 Å². The number of halogens is 6. The highest BCUT2D eigenvalue weighted by molar-refractivity contribution is 7.92. The number of sulfonamides is 1. The number of carbonyl (C=O) groups is 4. The maximum absolute atomic E-state index is 12.7. The van der Waals surface area contributed by atoms with Crippen LogP contribution in [0.1, 0.15) is 73.7 Å². The number of aliphatic hydroxyl groups is 1. The molecule has 115 heavy (non-hydrogen) atoms. The fourth-order valence-electron chi connectivity index (χ4n) is 11.9. The van der Waals surface area contributed by atoms with Gasteiger partial charge in [0.15, 0.2) is 9.84 Å². The van der Waals surface area contributed by atoms with Crippen LogP contribution in [0.5, 0.6) is 0 Å². The van der Waals surface area contributed by atoms with Gasteiger partial charge in [-0.05, 0) is 252 Å². The topological polar surface area (TPSA) is 298 Å². The number of rotatable bonds is 20. The molecule has 21 nitrogen and oxygen atoms in total. The monoisotopic (exact) mass is 1690 g/mol. The Morgan fingerprint density at radius 1 is 0.452 bits per heavy atom. The summed E-state index contributed by atoms with van der Waals surface area (Å²) in [4.78, 5) is 71.7. The number of hydrogen-bond acceptors (Lipinski definition) is 15. The number of anilines is 5. The average molecular weight is 1700 g/mol. The zero-order valence-corrected chi connectivity index (χ0v) is 68.0. The number of aromatic nitrogens is 6. The molecule has 4 amide bonds. The number of hydrogen-bond donors (Lipinski definition) is 7. The number of sulfone groups is 1. The van der Waals surface area contributed by atoms with Crippen LogP contribution in [0.3, 0.4) is 0 Å². The Bertz CT molecular complexity index is 5820. The Labute approximate surface area is 695 Å². The van der Waals surface area contributed by atoms with Crippen LogP contribution in [0.15, 0.2) is 279 Å². The number of carbonyl (C=O) groups excluding carboxylic acids is 4. The van der Waals surface area contributed by atoms with E-state index in [1.54, 1.807) is 128 Å². The number of pyridine rings is 4. The molecule has 14 rings (SSSR count). The smallest absolute Gasteiger partial charge is 0.257 e. The Morgan fingerprint density at radius 2 is 0.835 bits per heavy atom. The third kappa shape index (κ3) is 24.4. The minimum absolute atomic E-state index is 0.0202. The molecule has 586 valence electrons. The summed E-state index contributed by atoms with van der Waals surface area (Å²) in [6.07, 6.45) is 16.5. The summed E-state index contributed by atoms with van der Waals surface area (Å²) < 4.78 is 51.7. The summed E-state index contributed by atoms with van der Waals surface area (Å²) in [5, 5.41) is 26.8. The van der Waals surface area contributed by atoms with Crippen molar-refractivity contribution in [1.82, 2.24) is 34.8 Å². The van der Waals surface area contributed by atoms with Gasteiger partial charge in [-0.15, -0.1) is 0 Å². The first-order valence-corrected chi connectivity index (χ1v) is 41.4. The Balaban J connectivity index is 0.000000151. The van der Waals surface area contributed by atoms with Crippen LogP contribution < -0.4 is 31.3 Å². The lowest BCUT2D eigenvalue weighted by molar-refractivity contribution is 0.101. The van der Waals surface area contributed by atoms with E-state index in [0.717, 1.165) is 59.9 Å². The van der Waals surface area contributed by atoms with Crippen LogP contribution in [0.25, 0.3) is 50.7 Å². The normalized spacial score (nSPS) is 12.1. The first kappa shape index (κ1) is 84.7. The molecule has 7 N–H and O–H groups in total. The predicted molar refractivity (Wildman–Crippen MR) is 460 cm³/mol. The Kier molecular flexibility index (Phi) is 28.9. The van der Waals surface area contributed by atoms with E-state index in [2.05, 4.69) is 68.4 Å². The summed E-state index contributed by atoms with van der Waals surface area (Å²) in [5.74, 6) is -1.01. The van der Waals surface area contributed by atoms with E-state index >= 15 is 0 Å². The number of nitrogens with zero attached hydrogens (tertiary/aromatic N) is 6. The molecule has 0 bridgehead atoms. The SMILES string of the molecule is CC(C)(O)CS(=O)(=O)c1ccc(C(=O)Nc2ccc(Cl)c(-c3ccccn3)c2)c(Cl)c1.CS(=O)(=O)Nc1ccc(C(=O)Nc2ccc(Cl)c(-c3ccccn3)c2)c(Cl)c1.O=C(Nc1ccc(Cl)c(-c2ccccn2)c1)c1ccc(-n2ccnc2)cc1.O=C(Nc1ccc(Cl)c(-c2ccccn2)c1)c1ccc(CC2CCNCC2)cc1. The molecule has 0 aliphatic carbocycles. The van der Waals surface area contributed by atoms with Crippen LogP contribution in [0, 0.1) is 5.92 Å². The summed E-state index contributed by atoms with van der Waals surface area (Å²) >= 11 is 37.5. The van der Waals surface area contributed by atoms with Gasteiger partial charge in [0.1, 0.15) is 0 Å². The minimum Gasteiger partial charge on any atom is -0.389 e. The maximum atomic E-state index is 12.7. The molecule has 1 aliphatic rings. The van der Waals surface area contributed by atoms with Crippen molar-refractivity contribution in [3.05, 3.63) is 332 Å². The van der Waals surface area contributed by atoms with Crippen molar-refractivity contribution in [2.45, 2.75) is 43.6 Å². The highest BCUT2D eigenvalue weighted by atomic mass is 35.5. The van der Waals surface area contributed by atoms with Gasteiger partial charge in [0.2, 0.25) is 10.0 Å². The molecule has 0 spiro atoms. The highest BCUT2D eigenvalue weighted by Gasteiger charge is 2.27. The summed E-state index contributed by atoms with van der Waals surface area (Å²) in [7, 11) is -7.21. The van der Waals surface area contributed by atoms with Gasteiger partial charge < -0.3 is 36.3 Å². The van der Waals surface area contributed by atoms with Crippen molar-refractivity contribution in [3.63, 3.8) is 0 Å². The number of nitrogens with one attached hydrogen (secondary N) is 6. The molecule has 1 saturated heterocycles. The molecule has 0 saturated carbocycles. The van der Waals surface area contributed by atoms with Crippen molar-refractivity contribution in [2.24, 2.45) is 5.92 Å². The number of imidazole rings is 1. The highest BCUT2D eigenvalue weighted by Crippen LogP contribution is 2.35. The lowest BCUT2D eigenvalue weighted by atomic mass is 9.91. The molecule has 0 radical (unpaired) electrons. The predicted octanol–water partition coefficient (Wildman–Crippen LogP) is 19.6. The van der Waals surface area contributed by atoms with Gasteiger partial charge in [0.25, 0.3) is 23.6 Å². The molecule has 8 aromatic carbocycles. The third-order valence-corrected chi connectivity index (χ3v) is 22.0. The summed E-state index contributed by atoms with van der Waals surface area (Å²) in [6, 6.07) is 66.3. The van der Waals surface area contributed by atoms with Gasteiger partial charge >= 0.3 is 0 Å². The zero-order valence-electron chi connectivity index (χ0n) is 61.8. The number of amides is 4. The van der Waals surface area contributed by atoms with E-state index in [4.69, 9.17) is 69.6 Å². The van der Waals surface area contributed by atoms with Crippen molar-refractivity contribution in [2.75, 3.05) is 51.1 Å². The van der Waals surface area contributed by atoms with E-state index < -0.39 is 43.0 Å². The second kappa shape index (κ2) is 39.2. The molecule has 5 aromatic heterocycles. The van der Waals surface area contributed by atoms with Crippen LogP contribution in [0.4, 0.5) is 28.4 Å². The minimum atomic E-state index is -3.77.